The average molecular weight is 257 g/mol. The standard InChI is InChI=1S/C16H23N3/c17-13-7-11-3-1-2-4-16(11)19(10-13)9-12-8-14-5-6-15(12)18-14/h1-4,12-15,18H,5-10,17H2. The highest BCUT2D eigenvalue weighted by molar-refractivity contribution is 5.56. The molecule has 2 fully saturated rings. The van der Waals surface area contributed by atoms with Gasteiger partial charge in [0.25, 0.3) is 0 Å². The first-order valence-corrected chi connectivity index (χ1v) is 7.64. The predicted molar refractivity (Wildman–Crippen MR) is 78.4 cm³/mol. The third kappa shape index (κ3) is 2.05. The fourth-order valence-corrected chi connectivity index (χ4v) is 4.32. The molecule has 3 heterocycles. The molecule has 0 aromatic heterocycles. The van der Waals surface area contributed by atoms with Crippen molar-refractivity contribution in [2.45, 2.75) is 43.8 Å². The molecule has 2 saturated heterocycles. The molecule has 0 saturated carbocycles. The molecule has 1 aromatic rings. The smallest absolute Gasteiger partial charge is 0.0400 e. The highest BCUT2D eigenvalue weighted by atomic mass is 15.2. The second kappa shape index (κ2) is 4.50. The van der Waals surface area contributed by atoms with E-state index in [1.165, 1.54) is 37.1 Å². The molecule has 102 valence electrons. The van der Waals surface area contributed by atoms with Gasteiger partial charge in [0.05, 0.1) is 0 Å². The van der Waals surface area contributed by atoms with Crippen LogP contribution in [-0.4, -0.2) is 31.2 Å². The molecule has 0 aliphatic carbocycles. The second-order valence-electron chi connectivity index (χ2n) is 6.54. The van der Waals surface area contributed by atoms with Crippen LogP contribution in [0.25, 0.3) is 0 Å². The van der Waals surface area contributed by atoms with Crippen LogP contribution in [0.15, 0.2) is 24.3 Å². The maximum absolute atomic E-state index is 6.23. The van der Waals surface area contributed by atoms with Crippen LogP contribution in [0.1, 0.15) is 24.8 Å². The molecule has 3 heteroatoms. The van der Waals surface area contributed by atoms with Gasteiger partial charge in [-0.05, 0) is 43.2 Å². The first-order valence-electron chi connectivity index (χ1n) is 7.64. The van der Waals surface area contributed by atoms with Crippen LogP contribution in [-0.2, 0) is 6.42 Å². The molecular formula is C16H23N3. The van der Waals surface area contributed by atoms with Crippen LogP contribution in [0, 0.1) is 5.92 Å². The van der Waals surface area contributed by atoms with Gasteiger partial charge in [0.15, 0.2) is 0 Å². The maximum atomic E-state index is 6.23. The molecule has 3 aliphatic heterocycles. The Morgan fingerprint density at radius 3 is 2.95 bits per heavy atom. The molecule has 3 aliphatic rings. The van der Waals surface area contributed by atoms with E-state index in [2.05, 4.69) is 34.5 Å². The molecule has 0 spiro atoms. The Labute approximate surface area is 115 Å². The summed E-state index contributed by atoms with van der Waals surface area (Å²) < 4.78 is 0. The van der Waals surface area contributed by atoms with Gasteiger partial charge in [-0.25, -0.2) is 0 Å². The number of hydrogen-bond acceptors (Lipinski definition) is 3. The van der Waals surface area contributed by atoms with Gasteiger partial charge in [-0.3, -0.25) is 0 Å². The Bertz CT molecular complexity index is 473. The second-order valence-corrected chi connectivity index (χ2v) is 6.54. The summed E-state index contributed by atoms with van der Waals surface area (Å²) in [4.78, 5) is 2.54. The summed E-state index contributed by atoms with van der Waals surface area (Å²) >= 11 is 0. The van der Waals surface area contributed by atoms with E-state index in [1.54, 1.807) is 0 Å². The molecule has 0 amide bonds. The van der Waals surface area contributed by atoms with Crippen molar-refractivity contribution in [1.29, 1.82) is 0 Å². The monoisotopic (exact) mass is 257 g/mol. The topological polar surface area (TPSA) is 41.3 Å². The van der Waals surface area contributed by atoms with Gasteiger partial charge >= 0.3 is 0 Å². The molecule has 4 unspecified atom stereocenters. The van der Waals surface area contributed by atoms with Crippen LogP contribution in [0.5, 0.6) is 0 Å². The zero-order valence-electron chi connectivity index (χ0n) is 11.4. The quantitative estimate of drug-likeness (QED) is 0.844. The highest BCUT2D eigenvalue weighted by Gasteiger charge is 2.40. The largest absolute Gasteiger partial charge is 0.369 e. The highest BCUT2D eigenvalue weighted by Crippen LogP contribution is 2.36. The van der Waals surface area contributed by atoms with E-state index in [9.17, 15) is 0 Å². The van der Waals surface area contributed by atoms with Crippen molar-refractivity contribution in [2.75, 3.05) is 18.0 Å². The normalized spacial score (nSPS) is 36.6. The minimum atomic E-state index is 0.293. The number of nitrogens with zero attached hydrogens (tertiary/aromatic N) is 1. The van der Waals surface area contributed by atoms with Gasteiger partial charge in [-0.1, -0.05) is 18.2 Å². The summed E-state index contributed by atoms with van der Waals surface area (Å²) in [7, 11) is 0. The lowest BCUT2D eigenvalue weighted by Crippen LogP contribution is -2.46. The lowest BCUT2D eigenvalue weighted by atomic mass is 9.87. The Kier molecular flexibility index (Phi) is 2.78. The van der Waals surface area contributed by atoms with Gasteiger partial charge in [0.1, 0.15) is 0 Å². The van der Waals surface area contributed by atoms with Crippen molar-refractivity contribution in [3.63, 3.8) is 0 Å². The number of rotatable bonds is 2. The van der Waals surface area contributed by atoms with Crippen LogP contribution in [0.3, 0.4) is 0 Å². The molecule has 4 rings (SSSR count). The van der Waals surface area contributed by atoms with E-state index < -0.39 is 0 Å². The zero-order chi connectivity index (χ0) is 12.8. The SMILES string of the molecule is NC1Cc2ccccc2N(CC2CC3CCC2N3)C1. The number of para-hydroxylation sites is 1. The first kappa shape index (κ1) is 11.7. The van der Waals surface area contributed by atoms with Gasteiger partial charge in [0.2, 0.25) is 0 Å². The lowest BCUT2D eigenvalue weighted by Gasteiger charge is -2.37. The Hall–Kier alpha value is -1.06. The van der Waals surface area contributed by atoms with E-state index in [4.69, 9.17) is 5.73 Å². The Morgan fingerprint density at radius 2 is 2.16 bits per heavy atom. The number of hydrogen-bond donors (Lipinski definition) is 2. The van der Waals surface area contributed by atoms with Crippen molar-refractivity contribution in [3.8, 4) is 0 Å². The number of nitrogens with two attached hydrogens (primary N) is 1. The van der Waals surface area contributed by atoms with Crippen molar-refractivity contribution >= 4 is 5.69 Å². The molecule has 4 atom stereocenters. The summed E-state index contributed by atoms with van der Waals surface area (Å²) in [5, 5.41) is 3.74. The summed E-state index contributed by atoms with van der Waals surface area (Å²) in [5.41, 5.74) is 9.08. The molecule has 3 N–H and O–H groups in total. The molecule has 0 radical (unpaired) electrons. The van der Waals surface area contributed by atoms with Gasteiger partial charge in [0, 0.05) is 36.9 Å². The van der Waals surface area contributed by atoms with Gasteiger partial charge < -0.3 is 16.0 Å². The summed E-state index contributed by atoms with van der Waals surface area (Å²) in [5.74, 6) is 0.817. The van der Waals surface area contributed by atoms with E-state index in [0.29, 0.717) is 6.04 Å². The first-order chi connectivity index (χ1) is 9.29. The van der Waals surface area contributed by atoms with Crippen LogP contribution < -0.4 is 16.0 Å². The van der Waals surface area contributed by atoms with Crippen LogP contribution >= 0.6 is 0 Å². The maximum Gasteiger partial charge on any atom is 0.0400 e. The average Bonchev–Trinajstić information content (AvgIpc) is 3.01. The molecule has 19 heavy (non-hydrogen) atoms. The van der Waals surface area contributed by atoms with Gasteiger partial charge in [-0.15, -0.1) is 0 Å². The van der Waals surface area contributed by atoms with E-state index in [1.807, 2.05) is 0 Å². The third-order valence-electron chi connectivity index (χ3n) is 5.16. The molecule has 2 bridgehead atoms. The summed E-state index contributed by atoms with van der Waals surface area (Å²) in [6, 6.07) is 10.6. The minimum absolute atomic E-state index is 0.293. The fraction of sp³-hybridized carbons (Fsp3) is 0.625. The van der Waals surface area contributed by atoms with Crippen LogP contribution in [0.2, 0.25) is 0 Å². The number of benzene rings is 1. The molecule has 1 aromatic carbocycles. The molecular weight excluding hydrogens is 234 g/mol. The van der Waals surface area contributed by atoms with E-state index >= 15 is 0 Å². The minimum Gasteiger partial charge on any atom is -0.369 e. The number of nitrogens with one attached hydrogen (secondary N) is 1. The number of anilines is 1. The zero-order valence-corrected chi connectivity index (χ0v) is 11.4. The van der Waals surface area contributed by atoms with E-state index in [-0.39, 0.29) is 0 Å². The van der Waals surface area contributed by atoms with Crippen molar-refractivity contribution in [2.24, 2.45) is 11.7 Å². The predicted octanol–water partition coefficient (Wildman–Crippen LogP) is 1.52. The fourth-order valence-electron chi connectivity index (χ4n) is 4.32. The Morgan fingerprint density at radius 1 is 1.26 bits per heavy atom. The van der Waals surface area contributed by atoms with Crippen LogP contribution in [0.4, 0.5) is 5.69 Å². The third-order valence-corrected chi connectivity index (χ3v) is 5.16. The lowest BCUT2D eigenvalue weighted by molar-refractivity contribution is 0.396. The van der Waals surface area contributed by atoms with Gasteiger partial charge in [-0.2, -0.15) is 0 Å². The van der Waals surface area contributed by atoms with Crippen molar-refractivity contribution in [1.82, 2.24) is 5.32 Å². The van der Waals surface area contributed by atoms with E-state index in [0.717, 1.165) is 31.0 Å². The molecule has 3 nitrogen and oxygen atoms in total. The number of fused-ring (bicyclic) bond motifs is 3. The van der Waals surface area contributed by atoms with Crippen molar-refractivity contribution in [3.05, 3.63) is 29.8 Å². The Balaban J connectivity index is 1.55. The summed E-state index contributed by atoms with van der Waals surface area (Å²) in [6.45, 7) is 2.20. The van der Waals surface area contributed by atoms with Crippen molar-refractivity contribution < 1.29 is 0 Å². The summed E-state index contributed by atoms with van der Waals surface area (Å²) in [6.07, 6.45) is 5.15.